The average molecular weight is 757 g/mol. The first-order chi connectivity index (χ1) is 26.2. The van der Waals surface area contributed by atoms with Crippen LogP contribution in [0.25, 0.3) is 44.5 Å². The molecule has 4 heterocycles. The van der Waals surface area contributed by atoms with Gasteiger partial charge < -0.3 is 20.6 Å². The fourth-order valence-electron chi connectivity index (χ4n) is 6.11. The van der Waals surface area contributed by atoms with Crippen molar-refractivity contribution in [1.29, 1.82) is 0 Å². The van der Waals surface area contributed by atoms with Gasteiger partial charge in [-0.1, -0.05) is 12.1 Å². The molecule has 0 saturated heterocycles. The Morgan fingerprint density at radius 3 is 2.00 bits per heavy atom. The third-order valence-electron chi connectivity index (χ3n) is 8.74. The Kier molecular flexibility index (Phi) is 8.28. The number of nitrogens with zero attached hydrogens (tertiary/aromatic N) is 3. The summed E-state index contributed by atoms with van der Waals surface area (Å²) >= 11 is 0. The van der Waals surface area contributed by atoms with Crippen LogP contribution in [0.5, 0.6) is 0 Å². The van der Waals surface area contributed by atoms with E-state index in [1.54, 1.807) is 0 Å². The molecular formula is C38H23F7N8O2. The molecule has 4 aromatic heterocycles. The second-order valence-electron chi connectivity index (χ2n) is 12.4. The number of aromatic nitrogens is 6. The lowest BCUT2D eigenvalue weighted by molar-refractivity contribution is -0.137. The third-order valence-corrected chi connectivity index (χ3v) is 8.74. The highest BCUT2D eigenvalue weighted by molar-refractivity contribution is 6.05. The molecule has 0 bridgehead atoms. The number of H-pyrrole nitrogens is 3. The van der Waals surface area contributed by atoms with E-state index in [9.17, 15) is 31.5 Å². The molecule has 10 nitrogen and oxygen atoms in total. The molecule has 0 aliphatic carbocycles. The maximum absolute atomic E-state index is 16.7. The molecule has 0 aliphatic rings. The van der Waals surface area contributed by atoms with E-state index in [0.29, 0.717) is 27.9 Å². The Morgan fingerprint density at radius 2 is 1.33 bits per heavy atom. The molecule has 0 spiro atoms. The smallest absolute Gasteiger partial charge is 0.357 e. The number of aromatic amines is 3. The first-order valence-electron chi connectivity index (χ1n) is 16.2. The number of anilines is 2. The standard InChI is InChI=1S/C38H23F7N8O2/c39-22-3-1-5-24(16-22)47-35(54)30-11-10-29(49-30)34-27-14-20(37(41,42)43)8-12-32(27)53(52-34)38(44,45)21-7-9-28-26(15-21)33(51-50-28)19-13-31(46-18-19)36(55)48-25-6-2-4-23(40)17-25/h1-18,46,49H,(H,47,54)(H,48,55)(H,50,51). The van der Waals surface area contributed by atoms with E-state index in [1.165, 1.54) is 66.9 Å². The molecule has 0 saturated carbocycles. The summed E-state index contributed by atoms with van der Waals surface area (Å²) in [6.45, 7) is 0. The van der Waals surface area contributed by atoms with Crippen LogP contribution in [0.4, 0.5) is 42.1 Å². The first-order valence-corrected chi connectivity index (χ1v) is 16.2. The third kappa shape index (κ3) is 6.55. The minimum absolute atomic E-state index is 0.0412. The molecule has 55 heavy (non-hydrogen) atoms. The predicted octanol–water partition coefficient (Wildman–Crippen LogP) is 9.30. The summed E-state index contributed by atoms with van der Waals surface area (Å²) in [7, 11) is 0. The minimum Gasteiger partial charge on any atom is -0.357 e. The van der Waals surface area contributed by atoms with Crippen molar-refractivity contribution in [3.63, 3.8) is 0 Å². The molecule has 17 heteroatoms. The number of benzene rings is 4. The maximum atomic E-state index is 16.7. The Labute approximate surface area is 304 Å². The molecule has 0 unspecified atom stereocenters. The maximum Gasteiger partial charge on any atom is 0.416 e. The minimum atomic E-state index is -4.82. The normalized spacial score (nSPS) is 12.1. The Balaban J connectivity index is 1.15. The van der Waals surface area contributed by atoms with Gasteiger partial charge in [0.05, 0.1) is 22.3 Å². The number of carbonyl (C=O) groups is 2. The number of alkyl halides is 5. The fraction of sp³-hybridized carbons (Fsp3) is 0.0526. The lowest BCUT2D eigenvalue weighted by atomic mass is 10.1. The molecule has 5 N–H and O–H groups in total. The zero-order valence-corrected chi connectivity index (χ0v) is 27.7. The summed E-state index contributed by atoms with van der Waals surface area (Å²) in [6.07, 6.45) is -3.38. The van der Waals surface area contributed by atoms with Crippen molar-refractivity contribution in [3.8, 4) is 22.6 Å². The van der Waals surface area contributed by atoms with E-state index in [2.05, 4.69) is 35.9 Å². The zero-order valence-electron chi connectivity index (χ0n) is 27.7. The largest absolute Gasteiger partial charge is 0.416 e. The Bertz CT molecular complexity index is 2780. The summed E-state index contributed by atoms with van der Waals surface area (Å²) < 4.78 is 102. The van der Waals surface area contributed by atoms with Gasteiger partial charge >= 0.3 is 12.2 Å². The van der Waals surface area contributed by atoms with E-state index in [4.69, 9.17) is 0 Å². The molecule has 276 valence electrons. The first kappa shape index (κ1) is 34.9. The molecule has 0 atom stereocenters. The highest BCUT2D eigenvalue weighted by Crippen LogP contribution is 2.41. The van der Waals surface area contributed by atoms with E-state index in [1.807, 2.05) is 0 Å². The van der Waals surface area contributed by atoms with Crippen LogP contribution in [0.3, 0.4) is 0 Å². The quantitative estimate of drug-likeness (QED) is 0.0988. The molecule has 8 aromatic rings. The van der Waals surface area contributed by atoms with E-state index < -0.39 is 46.8 Å². The summed E-state index contributed by atoms with van der Waals surface area (Å²) in [5, 5.41) is 16.1. The van der Waals surface area contributed by atoms with Crippen molar-refractivity contribution in [3.05, 3.63) is 143 Å². The molecule has 8 rings (SSSR count). The van der Waals surface area contributed by atoms with Gasteiger partial charge in [0, 0.05) is 39.5 Å². The highest BCUT2D eigenvalue weighted by atomic mass is 19.4. The van der Waals surface area contributed by atoms with Crippen molar-refractivity contribution in [2.75, 3.05) is 10.6 Å². The number of carbonyl (C=O) groups excluding carboxylic acids is 2. The van der Waals surface area contributed by atoms with Gasteiger partial charge in [0.1, 0.15) is 34.4 Å². The van der Waals surface area contributed by atoms with Crippen LogP contribution in [-0.4, -0.2) is 41.8 Å². The van der Waals surface area contributed by atoms with Crippen LogP contribution in [0, 0.1) is 11.6 Å². The predicted molar refractivity (Wildman–Crippen MR) is 188 cm³/mol. The van der Waals surface area contributed by atoms with Gasteiger partial charge in [0.25, 0.3) is 11.8 Å². The number of hydrogen-bond donors (Lipinski definition) is 5. The lowest BCUT2D eigenvalue weighted by Crippen LogP contribution is -2.25. The Morgan fingerprint density at radius 1 is 0.673 bits per heavy atom. The second kappa shape index (κ2) is 13.0. The van der Waals surface area contributed by atoms with E-state index in [0.717, 1.165) is 30.3 Å². The van der Waals surface area contributed by atoms with Crippen molar-refractivity contribution in [1.82, 2.24) is 29.9 Å². The molecule has 0 aliphatic heterocycles. The second-order valence-corrected chi connectivity index (χ2v) is 12.4. The van der Waals surface area contributed by atoms with Gasteiger partial charge in [-0.3, -0.25) is 14.7 Å². The SMILES string of the molecule is O=C(Nc1cccc(F)c1)c1cc(-c2n[nH]c3ccc(C(F)(F)n4nc(-c5ccc(C(=O)Nc6cccc(F)c6)[nH]5)c5cc(C(F)(F)F)ccc54)cc23)c[nH]1. The average Bonchev–Trinajstić information content (AvgIpc) is 3.96. The number of halogens is 7. The number of hydrogen-bond acceptors (Lipinski definition) is 4. The van der Waals surface area contributed by atoms with Crippen molar-refractivity contribution in [2.24, 2.45) is 0 Å². The van der Waals surface area contributed by atoms with Gasteiger partial charge in [-0.15, -0.1) is 0 Å². The molecule has 4 aromatic carbocycles. The van der Waals surface area contributed by atoms with Gasteiger partial charge in [-0.2, -0.15) is 36.8 Å². The van der Waals surface area contributed by atoms with Gasteiger partial charge in [0.15, 0.2) is 0 Å². The lowest BCUT2D eigenvalue weighted by Gasteiger charge is -2.18. The molecule has 2 amide bonds. The molecular weight excluding hydrogens is 733 g/mol. The van der Waals surface area contributed by atoms with Crippen molar-refractivity contribution < 1.29 is 40.3 Å². The van der Waals surface area contributed by atoms with Crippen LogP contribution >= 0.6 is 0 Å². The van der Waals surface area contributed by atoms with Crippen molar-refractivity contribution >= 4 is 45.0 Å². The number of fused-ring (bicyclic) bond motifs is 2. The fourth-order valence-corrected chi connectivity index (χ4v) is 6.11. The van der Waals surface area contributed by atoms with E-state index in [-0.39, 0.29) is 56.1 Å². The Hall–Kier alpha value is -7.17. The summed E-state index contributed by atoms with van der Waals surface area (Å²) in [5.74, 6) is -2.48. The molecule has 0 radical (unpaired) electrons. The monoisotopic (exact) mass is 756 g/mol. The van der Waals surface area contributed by atoms with Crippen LogP contribution in [-0.2, 0) is 12.2 Å². The van der Waals surface area contributed by atoms with Crippen LogP contribution in [0.1, 0.15) is 32.1 Å². The summed E-state index contributed by atoms with van der Waals surface area (Å²) in [4.78, 5) is 31.2. The highest BCUT2D eigenvalue weighted by Gasteiger charge is 2.39. The molecule has 0 fully saturated rings. The number of nitrogens with one attached hydrogen (secondary N) is 5. The van der Waals surface area contributed by atoms with Gasteiger partial charge in [-0.05, 0) is 91.0 Å². The number of rotatable bonds is 8. The van der Waals surface area contributed by atoms with E-state index >= 15 is 8.78 Å². The zero-order chi connectivity index (χ0) is 38.6. The summed E-state index contributed by atoms with van der Waals surface area (Å²) in [5.41, 5.74) is -1.17. The van der Waals surface area contributed by atoms with Crippen molar-refractivity contribution in [2.45, 2.75) is 12.2 Å². The van der Waals surface area contributed by atoms with Crippen LogP contribution in [0.2, 0.25) is 0 Å². The summed E-state index contributed by atoms with van der Waals surface area (Å²) in [6, 6.07) is 16.3. The van der Waals surface area contributed by atoms with Crippen LogP contribution in [0.15, 0.2) is 109 Å². The topological polar surface area (TPSA) is 136 Å². The van der Waals surface area contributed by atoms with Gasteiger partial charge in [0.2, 0.25) is 0 Å². The van der Waals surface area contributed by atoms with Crippen LogP contribution < -0.4 is 10.6 Å². The number of amides is 2. The van der Waals surface area contributed by atoms with Gasteiger partial charge in [-0.25, -0.2) is 8.78 Å².